The minimum atomic E-state index is -1.38. The van der Waals surface area contributed by atoms with Crippen molar-refractivity contribution in [3.8, 4) is 0 Å². The number of rotatable bonds is 6. The lowest BCUT2D eigenvalue weighted by Crippen LogP contribution is -2.60. The molecule has 10 heteroatoms. The van der Waals surface area contributed by atoms with E-state index >= 15 is 0 Å². The van der Waals surface area contributed by atoms with Crippen LogP contribution in [0.3, 0.4) is 0 Å². The topological polar surface area (TPSA) is 158 Å². The zero-order valence-corrected chi connectivity index (χ0v) is 24.9. The maximum Gasteiger partial charge on any atom is 0.186 e. The molecule has 3 aliphatic carbocycles. The molecule has 10 nitrogen and oxygen atoms in total. The molecule has 0 unspecified atom stereocenters. The van der Waals surface area contributed by atoms with E-state index < -0.39 is 67.3 Å². The van der Waals surface area contributed by atoms with Crippen molar-refractivity contribution < 1.29 is 49.6 Å². The van der Waals surface area contributed by atoms with Crippen LogP contribution in [0.25, 0.3) is 0 Å². The van der Waals surface area contributed by atoms with E-state index in [0.29, 0.717) is 6.42 Å². The Balaban J connectivity index is 1.36. The van der Waals surface area contributed by atoms with Crippen molar-refractivity contribution >= 4 is 0 Å². The molecule has 0 aromatic carbocycles. The first-order chi connectivity index (χ1) is 19.2. The summed E-state index contributed by atoms with van der Waals surface area (Å²) in [6.07, 6.45) is -2.16. The molecule has 41 heavy (non-hydrogen) atoms. The molecule has 5 rings (SSSR count). The van der Waals surface area contributed by atoms with Crippen molar-refractivity contribution in [1.29, 1.82) is 0 Å². The molecule has 0 aromatic heterocycles. The Kier molecular flexibility index (Phi) is 8.62. The number of hydrogen-bond donors (Lipinski definition) is 6. The highest BCUT2D eigenvalue weighted by molar-refractivity contribution is 5.29. The number of fused-ring (bicyclic) bond motifs is 3. The fourth-order valence-corrected chi connectivity index (χ4v) is 8.71. The van der Waals surface area contributed by atoms with Crippen LogP contribution in [0.4, 0.5) is 0 Å². The van der Waals surface area contributed by atoms with E-state index in [1.807, 2.05) is 6.08 Å². The molecule has 15 atom stereocenters. The molecule has 5 aliphatic rings. The van der Waals surface area contributed by atoms with Gasteiger partial charge in [-0.2, -0.15) is 0 Å². The maximum atomic E-state index is 10.7. The highest BCUT2D eigenvalue weighted by Crippen LogP contribution is 2.64. The Morgan fingerprint density at radius 3 is 2.17 bits per heavy atom. The van der Waals surface area contributed by atoms with Crippen LogP contribution in [0.15, 0.2) is 24.3 Å². The number of aliphatic hydroxyl groups excluding tert-OH is 6. The van der Waals surface area contributed by atoms with E-state index in [2.05, 4.69) is 40.3 Å². The second-order valence-electron chi connectivity index (χ2n) is 14.2. The number of aliphatic hydroxyl groups is 6. The predicted molar refractivity (Wildman–Crippen MR) is 148 cm³/mol. The van der Waals surface area contributed by atoms with Crippen LogP contribution in [-0.2, 0) is 18.9 Å². The molecular weight excluding hydrogens is 532 g/mol. The molecule has 2 aliphatic heterocycles. The van der Waals surface area contributed by atoms with Gasteiger partial charge in [-0.15, -0.1) is 6.58 Å². The van der Waals surface area contributed by atoms with Crippen LogP contribution >= 0.6 is 0 Å². The van der Waals surface area contributed by atoms with E-state index in [1.165, 1.54) is 5.57 Å². The van der Waals surface area contributed by atoms with Gasteiger partial charge in [-0.1, -0.05) is 45.4 Å². The van der Waals surface area contributed by atoms with Crippen LogP contribution in [0.1, 0.15) is 66.7 Å². The Morgan fingerprint density at radius 2 is 1.54 bits per heavy atom. The molecule has 2 saturated heterocycles. The Hall–Kier alpha value is -0.920. The standard InChI is InChI=1S/C31H50O10/c1-7-30(5)13-16-8-9-19-29(3,4)20(40-28-25(36)23(34)18(14-32)39-28)10-11-31(19,6)17(16)12-21(30)41-27-26(37)24(35)22(33)15(2)38-27/h7,13,15,17-28,32-37H,1,8-12,14H2,2-6H3/t15-,17+,18+,19-,20-,21+,22+,23+,24+,25-,26-,27+,28+,30-,31-/m1/s1. The molecule has 6 N–H and O–H groups in total. The van der Waals surface area contributed by atoms with Crippen molar-refractivity contribution in [2.45, 2.75) is 134 Å². The summed E-state index contributed by atoms with van der Waals surface area (Å²) >= 11 is 0. The molecule has 0 bridgehead atoms. The second kappa shape index (κ2) is 11.2. The van der Waals surface area contributed by atoms with Crippen molar-refractivity contribution in [1.82, 2.24) is 0 Å². The fourth-order valence-electron chi connectivity index (χ4n) is 8.71. The number of hydrogen-bond acceptors (Lipinski definition) is 10. The summed E-state index contributed by atoms with van der Waals surface area (Å²) in [4.78, 5) is 0. The van der Waals surface area contributed by atoms with E-state index in [-0.39, 0.29) is 34.9 Å². The molecule has 0 radical (unpaired) electrons. The van der Waals surface area contributed by atoms with Gasteiger partial charge in [0.1, 0.15) is 36.6 Å². The smallest absolute Gasteiger partial charge is 0.186 e. The average molecular weight is 583 g/mol. The fraction of sp³-hybridized carbons (Fsp3) is 0.871. The molecule has 0 spiro atoms. The Bertz CT molecular complexity index is 1000. The van der Waals surface area contributed by atoms with Gasteiger partial charge in [0.25, 0.3) is 0 Å². The van der Waals surface area contributed by atoms with Gasteiger partial charge < -0.3 is 49.6 Å². The van der Waals surface area contributed by atoms with Crippen LogP contribution in [0, 0.1) is 28.1 Å². The summed E-state index contributed by atoms with van der Waals surface area (Å²) in [5.41, 5.74) is 0.545. The quantitative estimate of drug-likeness (QED) is 0.253. The summed E-state index contributed by atoms with van der Waals surface area (Å²) in [7, 11) is 0. The lowest BCUT2D eigenvalue weighted by molar-refractivity contribution is -0.312. The molecule has 234 valence electrons. The first-order valence-corrected chi connectivity index (χ1v) is 15.2. The van der Waals surface area contributed by atoms with Gasteiger partial charge in [-0.05, 0) is 61.7 Å². The third-order valence-electron chi connectivity index (χ3n) is 11.4. The van der Waals surface area contributed by atoms with E-state index in [0.717, 1.165) is 25.7 Å². The summed E-state index contributed by atoms with van der Waals surface area (Å²) in [6, 6.07) is 0. The van der Waals surface area contributed by atoms with Crippen LogP contribution in [0.5, 0.6) is 0 Å². The summed E-state index contributed by atoms with van der Waals surface area (Å²) in [5, 5.41) is 61.4. The van der Waals surface area contributed by atoms with Gasteiger partial charge in [0, 0.05) is 5.41 Å². The molecule has 0 amide bonds. The van der Waals surface area contributed by atoms with Crippen molar-refractivity contribution in [3.63, 3.8) is 0 Å². The van der Waals surface area contributed by atoms with Crippen LogP contribution in [-0.4, -0.2) is 105 Å². The van der Waals surface area contributed by atoms with Gasteiger partial charge in [-0.3, -0.25) is 0 Å². The third kappa shape index (κ3) is 5.16. The lowest BCUT2D eigenvalue weighted by atomic mass is 9.44. The zero-order valence-electron chi connectivity index (χ0n) is 24.9. The second-order valence-corrected chi connectivity index (χ2v) is 14.2. The molecule has 2 heterocycles. The van der Waals surface area contributed by atoms with E-state index in [1.54, 1.807) is 6.92 Å². The van der Waals surface area contributed by atoms with Gasteiger partial charge in [0.2, 0.25) is 0 Å². The first-order valence-electron chi connectivity index (χ1n) is 15.2. The minimum absolute atomic E-state index is 0.0745. The largest absolute Gasteiger partial charge is 0.394 e. The summed E-state index contributed by atoms with van der Waals surface area (Å²) in [5.74, 6) is 0.498. The number of ether oxygens (including phenoxy) is 4. The summed E-state index contributed by atoms with van der Waals surface area (Å²) < 4.78 is 24.3. The normalized spacial score (nSPS) is 53.2. The van der Waals surface area contributed by atoms with E-state index in [9.17, 15) is 30.6 Å². The van der Waals surface area contributed by atoms with Crippen LogP contribution in [0.2, 0.25) is 0 Å². The minimum Gasteiger partial charge on any atom is -0.394 e. The van der Waals surface area contributed by atoms with Crippen molar-refractivity contribution in [2.24, 2.45) is 28.1 Å². The van der Waals surface area contributed by atoms with E-state index in [4.69, 9.17) is 18.9 Å². The van der Waals surface area contributed by atoms with Gasteiger partial charge in [0.05, 0.1) is 24.9 Å². The monoisotopic (exact) mass is 582 g/mol. The van der Waals surface area contributed by atoms with Gasteiger partial charge in [0.15, 0.2) is 12.6 Å². The third-order valence-corrected chi connectivity index (χ3v) is 11.4. The maximum absolute atomic E-state index is 10.7. The van der Waals surface area contributed by atoms with Gasteiger partial charge >= 0.3 is 0 Å². The molecule has 2 saturated carbocycles. The molecule has 0 aromatic rings. The highest BCUT2D eigenvalue weighted by atomic mass is 16.7. The van der Waals surface area contributed by atoms with Gasteiger partial charge in [-0.25, -0.2) is 0 Å². The van der Waals surface area contributed by atoms with Crippen LogP contribution < -0.4 is 0 Å². The lowest BCUT2D eigenvalue weighted by Gasteiger charge is -2.62. The average Bonchev–Trinajstić information content (AvgIpc) is 3.20. The van der Waals surface area contributed by atoms with Crippen molar-refractivity contribution in [2.75, 3.05) is 6.61 Å². The summed E-state index contributed by atoms with van der Waals surface area (Å²) in [6.45, 7) is 14.2. The van der Waals surface area contributed by atoms with Crippen molar-refractivity contribution in [3.05, 3.63) is 24.3 Å². The first kappa shape index (κ1) is 31.5. The SMILES string of the molecule is C=C[C@]1(C)C=C2CC[C@@H]3C(C)(C)[C@H](O[C@@H]4O[C@@H](CO)[C@H](O)[C@H]4O)CC[C@]3(C)[C@H]2C[C@@H]1O[C@@H]1O[C@H](C)[C@H](O)[C@H](O)[C@H]1O. The molecular formula is C31H50O10. The molecule has 4 fully saturated rings. The predicted octanol–water partition coefficient (Wildman–Crippen LogP) is 1.40. The zero-order chi connectivity index (χ0) is 30.1. The number of allylic oxidation sites excluding steroid dienone is 1. The highest BCUT2D eigenvalue weighted by Gasteiger charge is 2.60. The Morgan fingerprint density at radius 1 is 0.902 bits per heavy atom. The Labute approximate surface area is 242 Å².